The minimum atomic E-state index is -0.280. The van der Waals surface area contributed by atoms with Gasteiger partial charge >= 0.3 is 5.97 Å². The van der Waals surface area contributed by atoms with E-state index < -0.39 is 0 Å². The van der Waals surface area contributed by atoms with Gasteiger partial charge in [-0.3, -0.25) is 0 Å². The fourth-order valence-corrected chi connectivity index (χ4v) is 2.01. The molecule has 0 aromatic carbocycles. The molecule has 0 saturated heterocycles. The summed E-state index contributed by atoms with van der Waals surface area (Å²) in [6.07, 6.45) is 13.8. The van der Waals surface area contributed by atoms with Crippen LogP contribution in [0.5, 0.6) is 0 Å². The summed E-state index contributed by atoms with van der Waals surface area (Å²) in [5.41, 5.74) is 0. The van der Waals surface area contributed by atoms with Gasteiger partial charge in [0.2, 0.25) is 0 Å². The van der Waals surface area contributed by atoms with E-state index in [-0.39, 0.29) is 5.97 Å². The Morgan fingerprint density at radius 1 is 1.29 bits per heavy atom. The van der Waals surface area contributed by atoms with Crippen molar-refractivity contribution in [2.45, 2.75) is 45.1 Å². The minimum absolute atomic E-state index is 0.280. The number of allylic oxidation sites excluding steroid dienone is 2. The van der Waals surface area contributed by atoms with Crippen LogP contribution in [-0.4, -0.2) is 25.2 Å². The lowest BCUT2D eigenvalue weighted by atomic mass is 9.95. The van der Waals surface area contributed by atoms with Crippen molar-refractivity contribution < 1.29 is 9.53 Å². The highest BCUT2D eigenvalue weighted by atomic mass is 16.5. The van der Waals surface area contributed by atoms with Gasteiger partial charge in [0.05, 0.1) is 6.61 Å². The van der Waals surface area contributed by atoms with Gasteiger partial charge < -0.3 is 10.1 Å². The molecule has 1 saturated carbocycles. The second-order valence-electron chi connectivity index (χ2n) is 4.28. The first-order valence-electron chi connectivity index (χ1n) is 6.56. The van der Waals surface area contributed by atoms with Gasteiger partial charge in [0, 0.05) is 18.7 Å². The van der Waals surface area contributed by atoms with Crippen LogP contribution in [0.25, 0.3) is 0 Å². The van der Waals surface area contributed by atoms with Gasteiger partial charge in [-0.15, -0.1) is 0 Å². The zero-order valence-corrected chi connectivity index (χ0v) is 10.7. The second-order valence-corrected chi connectivity index (χ2v) is 4.28. The Morgan fingerprint density at radius 2 is 2.06 bits per heavy atom. The molecule has 3 nitrogen and oxygen atoms in total. The van der Waals surface area contributed by atoms with Crippen molar-refractivity contribution in [3.63, 3.8) is 0 Å². The topological polar surface area (TPSA) is 38.3 Å². The number of nitrogens with one attached hydrogen (secondary N) is 1. The van der Waals surface area contributed by atoms with Crippen molar-refractivity contribution in [1.82, 2.24) is 5.32 Å². The average Bonchev–Trinajstić information content (AvgIpc) is 2.35. The van der Waals surface area contributed by atoms with E-state index in [1.54, 1.807) is 13.0 Å². The van der Waals surface area contributed by atoms with Crippen LogP contribution in [0.4, 0.5) is 0 Å². The zero-order chi connectivity index (χ0) is 12.3. The van der Waals surface area contributed by atoms with Crippen LogP contribution in [0.1, 0.15) is 39.0 Å². The lowest BCUT2D eigenvalue weighted by molar-refractivity contribution is -0.137. The smallest absolute Gasteiger partial charge is 0.330 e. The Kier molecular flexibility index (Phi) is 7.39. The Labute approximate surface area is 104 Å². The Balaban J connectivity index is 2.06. The van der Waals surface area contributed by atoms with Crippen LogP contribution in [0.2, 0.25) is 0 Å². The molecule has 0 heterocycles. The van der Waals surface area contributed by atoms with Crippen molar-refractivity contribution in [2.75, 3.05) is 13.2 Å². The fourth-order valence-electron chi connectivity index (χ4n) is 2.01. The third-order valence-electron chi connectivity index (χ3n) is 2.90. The zero-order valence-electron chi connectivity index (χ0n) is 10.7. The normalized spacial score (nSPS) is 17.9. The molecule has 0 aromatic heterocycles. The van der Waals surface area contributed by atoms with Crippen LogP contribution in [0, 0.1) is 0 Å². The minimum Gasteiger partial charge on any atom is -0.463 e. The van der Waals surface area contributed by atoms with Gasteiger partial charge in [-0.05, 0) is 19.8 Å². The lowest BCUT2D eigenvalue weighted by Gasteiger charge is -2.21. The highest BCUT2D eigenvalue weighted by molar-refractivity contribution is 5.82. The summed E-state index contributed by atoms with van der Waals surface area (Å²) in [7, 11) is 0. The van der Waals surface area contributed by atoms with Crippen molar-refractivity contribution in [3.8, 4) is 0 Å². The standard InChI is InChI=1S/C14H23NO2/c1-2-17-14(16)11-7-4-8-12-15-13-9-5-3-6-10-13/h4,7-8,11,13,15H,2-3,5-6,9-10,12H2,1H3. The number of hydrogen-bond donors (Lipinski definition) is 1. The average molecular weight is 237 g/mol. The van der Waals surface area contributed by atoms with Crippen molar-refractivity contribution in [1.29, 1.82) is 0 Å². The van der Waals surface area contributed by atoms with Gasteiger partial charge in [-0.25, -0.2) is 4.79 Å². The number of ether oxygens (including phenoxy) is 1. The number of hydrogen-bond acceptors (Lipinski definition) is 3. The molecule has 1 N–H and O–H groups in total. The summed E-state index contributed by atoms with van der Waals surface area (Å²) >= 11 is 0. The van der Waals surface area contributed by atoms with E-state index in [0.717, 1.165) is 6.54 Å². The predicted molar refractivity (Wildman–Crippen MR) is 69.8 cm³/mol. The SMILES string of the molecule is CCOC(=O)C=CC=CCNC1CCCCC1. The number of esters is 1. The first-order valence-corrected chi connectivity index (χ1v) is 6.56. The Hall–Kier alpha value is -1.09. The van der Waals surface area contributed by atoms with Crippen LogP contribution in [0.15, 0.2) is 24.3 Å². The van der Waals surface area contributed by atoms with Crippen LogP contribution < -0.4 is 5.32 Å². The predicted octanol–water partition coefficient (Wildman–Crippen LogP) is 2.58. The number of carbonyl (C=O) groups is 1. The highest BCUT2D eigenvalue weighted by Crippen LogP contribution is 2.16. The van der Waals surface area contributed by atoms with Gasteiger partial charge in [0.15, 0.2) is 0 Å². The summed E-state index contributed by atoms with van der Waals surface area (Å²) in [5, 5.41) is 3.50. The molecule has 0 spiro atoms. The van der Waals surface area contributed by atoms with Gasteiger partial charge in [-0.2, -0.15) is 0 Å². The first-order chi connectivity index (χ1) is 8.33. The number of rotatable bonds is 6. The maximum absolute atomic E-state index is 11.0. The molecular weight excluding hydrogens is 214 g/mol. The van der Waals surface area contributed by atoms with E-state index in [0.29, 0.717) is 12.6 Å². The molecule has 0 amide bonds. The third kappa shape index (κ3) is 6.95. The van der Waals surface area contributed by atoms with Crippen molar-refractivity contribution in [3.05, 3.63) is 24.3 Å². The van der Waals surface area contributed by atoms with Gasteiger partial charge in [-0.1, -0.05) is 37.5 Å². The molecule has 0 atom stereocenters. The fraction of sp³-hybridized carbons (Fsp3) is 0.643. The monoisotopic (exact) mass is 237 g/mol. The summed E-state index contributed by atoms with van der Waals surface area (Å²) in [6.45, 7) is 3.10. The molecule has 1 aliphatic rings. The largest absolute Gasteiger partial charge is 0.463 e. The van der Waals surface area contributed by atoms with E-state index in [1.165, 1.54) is 38.2 Å². The molecule has 1 aliphatic carbocycles. The highest BCUT2D eigenvalue weighted by Gasteiger charge is 2.10. The molecule has 17 heavy (non-hydrogen) atoms. The van der Waals surface area contributed by atoms with E-state index in [4.69, 9.17) is 4.74 Å². The quantitative estimate of drug-likeness (QED) is 0.438. The molecule has 3 heteroatoms. The molecule has 0 unspecified atom stereocenters. The Bertz CT molecular complexity index is 265. The Morgan fingerprint density at radius 3 is 2.76 bits per heavy atom. The first kappa shape index (κ1) is 14.0. The third-order valence-corrected chi connectivity index (χ3v) is 2.90. The summed E-state index contributed by atoms with van der Waals surface area (Å²) < 4.78 is 4.77. The molecule has 0 bridgehead atoms. The van der Waals surface area contributed by atoms with E-state index in [1.807, 2.05) is 12.2 Å². The lowest BCUT2D eigenvalue weighted by Crippen LogP contribution is -2.30. The summed E-state index contributed by atoms with van der Waals surface area (Å²) in [4.78, 5) is 11.0. The molecule has 0 radical (unpaired) electrons. The van der Waals surface area contributed by atoms with Gasteiger partial charge in [0.25, 0.3) is 0 Å². The summed E-state index contributed by atoms with van der Waals surface area (Å²) in [5.74, 6) is -0.280. The van der Waals surface area contributed by atoms with E-state index in [9.17, 15) is 4.79 Å². The molecule has 1 fully saturated rings. The van der Waals surface area contributed by atoms with Crippen molar-refractivity contribution in [2.24, 2.45) is 0 Å². The van der Waals surface area contributed by atoms with Gasteiger partial charge in [0.1, 0.15) is 0 Å². The second kappa shape index (κ2) is 8.99. The van der Waals surface area contributed by atoms with Crippen LogP contribution in [0.3, 0.4) is 0 Å². The number of carbonyl (C=O) groups excluding carboxylic acids is 1. The molecule has 1 rings (SSSR count). The molecule has 0 aromatic rings. The molecule has 96 valence electrons. The summed E-state index contributed by atoms with van der Waals surface area (Å²) in [6, 6.07) is 0.683. The van der Waals surface area contributed by atoms with E-state index in [2.05, 4.69) is 5.32 Å². The van der Waals surface area contributed by atoms with Crippen LogP contribution in [-0.2, 0) is 9.53 Å². The van der Waals surface area contributed by atoms with Crippen molar-refractivity contribution >= 4 is 5.97 Å². The molecular formula is C14H23NO2. The maximum Gasteiger partial charge on any atom is 0.330 e. The van der Waals surface area contributed by atoms with Crippen LogP contribution >= 0.6 is 0 Å². The molecule has 0 aliphatic heterocycles. The van der Waals surface area contributed by atoms with E-state index >= 15 is 0 Å². The maximum atomic E-state index is 11.0.